The van der Waals surface area contributed by atoms with Crippen molar-refractivity contribution in [3.05, 3.63) is 16.7 Å². The number of hydrogen-bond acceptors (Lipinski definition) is 20. The van der Waals surface area contributed by atoms with Crippen molar-refractivity contribution >= 4 is 74.2 Å². The number of carbonyl (C=O) groups excluding carboxylic acids is 1. The molecule has 23 nitrogen and oxygen atoms in total. The molecule has 4 aliphatic heterocycles. The second kappa shape index (κ2) is 12.8. The number of amides is 1. The van der Waals surface area contributed by atoms with Crippen LogP contribution in [0.25, 0.3) is 11.2 Å². The third-order valence-corrected chi connectivity index (χ3v) is 11.3. The van der Waals surface area contributed by atoms with Crippen molar-refractivity contribution in [2.24, 2.45) is 10.7 Å². The van der Waals surface area contributed by atoms with Crippen LogP contribution in [0.3, 0.4) is 0 Å². The molecule has 0 aromatic carbocycles. The van der Waals surface area contributed by atoms with Crippen molar-refractivity contribution in [2.75, 3.05) is 18.9 Å². The predicted octanol–water partition coefficient (Wildman–Crippen LogP) is -4.33. The molecule has 0 aliphatic carbocycles. The predicted molar refractivity (Wildman–Crippen MR) is 163 cm³/mol. The fraction of sp³-hybridized carbons (Fsp3) is 0.600. The van der Waals surface area contributed by atoms with Crippen LogP contribution in [-0.2, 0) is 36.8 Å². The Bertz CT molecular complexity index is 1780. The number of aromatic nitrogens is 4. The maximum Gasteiger partial charge on any atom is 0.481 e. The van der Waals surface area contributed by atoms with Crippen molar-refractivity contribution in [1.82, 2.24) is 35.5 Å². The molecular formula is C20H28N10O13P2S2. The number of rotatable bonds is 9. The molecule has 12 atom stereocenters. The van der Waals surface area contributed by atoms with E-state index < -0.39 is 101 Å². The summed E-state index contributed by atoms with van der Waals surface area (Å²) in [6, 6.07) is -1.58. The van der Waals surface area contributed by atoms with Crippen LogP contribution in [0, 0.1) is 0 Å². The summed E-state index contributed by atoms with van der Waals surface area (Å²) < 4.78 is 51.7. The van der Waals surface area contributed by atoms with E-state index in [2.05, 4.69) is 52.8 Å². The molecule has 47 heavy (non-hydrogen) atoms. The van der Waals surface area contributed by atoms with Gasteiger partial charge in [-0.15, -0.1) is 0 Å². The minimum Gasteiger partial charge on any atom is -0.387 e. The summed E-state index contributed by atoms with van der Waals surface area (Å²) in [4.78, 5) is 59.1. The maximum atomic E-state index is 12.6. The molecule has 258 valence electrons. The summed E-state index contributed by atoms with van der Waals surface area (Å²) in [5, 5.41) is 28.5. The smallest absolute Gasteiger partial charge is 0.387 e. The minimum absolute atomic E-state index is 0.0839. The number of phosphoric ester groups is 2. The number of nitrogens with zero attached hydrogens (tertiary/aromatic N) is 4. The van der Waals surface area contributed by atoms with Gasteiger partial charge in [-0.25, -0.2) is 19.1 Å². The van der Waals surface area contributed by atoms with Crippen molar-refractivity contribution in [1.29, 1.82) is 0 Å². The van der Waals surface area contributed by atoms with Gasteiger partial charge < -0.3 is 45.8 Å². The van der Waals surface area contributed by atoms with Gasteiger partial charge in [0.2, 0.25) is 11.9 Å². The SMILES string of the molecule is Nc1nc2c(ncn2[C@@H]2O[C@H](COP(=O)(O)OP(=O)(O)OC[C@H]3O[C@H]4NC5=NC(N)NC(=O)C5N[C@H]4C(=S)C3S)[C@@H](O)[C@H]2O)c(=O)[nH]1. The molecular weight excluding hydrogens is 714 g/mol. The van der Waals surface area contributed by atoms with Crippen LogP contribution >= 0.6 is 40.5 Å². The molecule has 0 radical (unpaired) electrons. The molecule has 5 unspecified atom stereocenters. The number of carbonyl (C=O) groups is 1. The van der Waals surface area contributed by atoms with E-state index in [0.717, 1.165) is 10.9 Å². The van der Waals surface area contributed by atoms with Crippen LogP contribution in [0.1, 0.15) is 6.23 Å². The standard InChI is InChI=1S/C20H28N10O13P2S2/c21-19-26-13-7(15(33)28-19)24-6-12(47)11(46)5(41-17(6)25-13)2-40-45(37,38)43-44(35,36)39-1-4-9(31)10(32)18(42-4)30-3-23-8-14(30)27-20(22)29-16(8)34/h3-7,9-11,17-19,24,31-32,46H,1-2,21H2,(H,25,26)(H,28,33)(H,35,36)(H,37,38)(H3,22,27,29,34)/t4-,5-,6+,7?,9-,10-,11?,17-,18-,19?/m1/s1. The van der Waals surface area contributed by atoms with E-state index in [4.69, 9.17) is 42.2 Å². The van der Waals surface area contributed by atoms with Gasteiger partial charge in [-0.05, 0) is 0 Å². The molecule has 0 spiro atoms. The van der Waals surface area contributed by atoms with E-state index in [0.29, 0.717) is 0 Å². The number of ether oxygens (including phenoxy) is 2. The summed E-state index contributed by atoms with van der Waals surface area (Å²) >= 11 is 9.87. The molecule has 0 saturated carbocycles. The van der Waals surface area contributed by atoms with Gasteiger partial charge >= 0.3 is 15.6 Å². The van der Waals surface area contributed by atoms with Crippen LogP contribution in [-0.4, -0.2) is 124 Å². The topological polar surface area (TPSA) is 342 Å². The monoisotopic (exact) mass is 742 g/mol. The lowest BCUT2D eigenvalue weighted by Crippen LogP contribution is -2.76. The number of fused-ring (bicyclic) bond motifs is 3. The van der Waals surface area contributed by atoms with Crippen molar-refractivity contribution < 1.29 is 56.8 Å². The first kappa shape index (κ1) is 34.4. The van der Waals surface area contributed by atoms with E-state index in [9.17, 15) is 38.7 Å². The average Bonchev–Trinajstić information content (AvgIpc) is 3.52. The fourth-order valence-electron chi connectivity index (χ4n) is 5.22. The molecule has 1 amide bonds. The minimum atomic E-state index is -5.37. The Balaban J connectivity index is 1.04. The van der Waals surface area contributed by atoms with Crippen LogP contribution < -0.4 is 33.0 Å². The lowest BCUT2D eigenvalue weighted by molar-refractivity contribution is -0.124. The largest absolute Gasteiger partial charge is 0.481 e. The summed E-state index contributed by atoms with van der Waals surface area (Å²) in [7, 11) is -10.7. The third-order valence-electron chi connectivity index (χ3n) is 7.39. The summed E-state index contributed by atoms with van der Waals surface area (Å²) in [6.07, 6.45) is -8.13. The number of nitrogens with two attached hydrogens (primary N) is 2. The number of imidazole rings is 1. The van der Waals surface area contributed by atoms with E-state index in [1.165, 1.54) is 0 Å². The summed E-state index contributed by atoms with van der Waals surface area (Å²) in [6.45, 7) is -1.63. The molecule has 2 aromatic rings. The number of nitrogens with one attached hydrogen (secondary N) is 4. The van der Waals surface area contributed by atoms with Gasteiger partial charge in [0.15, 0.2) is 23.7 Å². The zero-order valence-electron chi connectivity index (χ0n) is 23.4. The third kappa shape index (κ3) is 6.88. The Labute approximate surface area is 273 Å². The Morgan fingerprint density at radius 3 is 2.47 bits per heavy atom. The number of aliphatic hydroxyl groups excluding tert-OH is 2. The Hall–Kier alpha value is -2.45. The molecule has 4 aliphatic rings. The lowest BCUT2D eigenvalue weighted by Gasteiger charge is -2.47. The molecule has 12 N–H and O–H groups in total. The number of phosphoric acid groups is 2. The van der Waals surface area contributed by atoms with Gasteiger partial charge in [0.05, 0.1) is 30.8 Å². The summed E-state index contributed by atoms with van der Waals surface area (Å²) in [5.74, 6) is -0.514. The van der Waals surface area contributed by atoms with Crippen LogP contribution in [0.5, 0.6) is 0 Å². The van der Waals surface area contributed by atoms with Crippen molar-refractivity contribution in [3.8, 4) is 0 Å². The number of nitrogen functional groups attached to an aromatic ring is 1. The zero-order chi connectivity index (χ0) is 34.0. The van der Waals surface area contributed by atoms with Gasteiger partial charge in [0.1, 0.15) is 42.5 Å². The zero-order valence-corrected chi connectivity index (χ0v) is 26.9. The van der Waals surface area contributed by atoms with Crippen molar-refractivity contribution in [3.63, 3.8) is 0 Å². The number of aliphatic imine (C=N–C) groups is 1. The summed E-state index contributed by atoms with van der Waals surface area (Å²) in [5.41, 5.74) is 10.4. The second-order valence-electron chi connectivity index (χ2n) is 10.6. The molecule has 6 heterocycles. The van der Waals surface area contributed by atoms with Crippen molar-refractivity contribution in [2.45, 2.75) is 60.5 Å². The number of aromatic amines is 1. The second-order valence-corrected chi connectivity index (χ2v) is 14.6. The molecule has 3 saturated heterocycles. The van der Waals surface area contributed by atoms with E-state index in [1.807, 2.05) is 0 Å². The van der Waals surface area contributed by atoms with Gasteiger partial charge in [-0.3, -0.25) is 39.2 Å². The molecule has 27 heteroatoms. The Kier molecular flexibility index (Phi) is 9.36. The number of H-pyrrole nitrogens is 1. The quantitative estimate of drug-likeness (QED) is 0.0657. The van der Waals surface area contributed by atoms with E-state index in [1.54, 1.807) is 0 Å². The normalized spacial score (nSPS) is 36.4. The number of thiol groups is 1. The van der Waals surface area contributed by atoms with Gasteiger partial charge in [-0.2, -0.15) is 21.9 Å². The highest BCUT2D eigenvalue weighted by molar-refractivity contribution is 7.86. The number of piperazine rings is 1. The molecule has 6 rings (SSSR count). The molecule has 3 fully saturated rings. The number of anilines is 1. The lowest BCUT2D eigenvalue weighted by atomic mass is 9.97. The molecule has 2 aromatic heterocycles. The number of hydrogen-bond donors (Lipinski definition) is 11. The highest BCUT2D eigenvalue weighted by Crippen LogP contribution is 2.60. The van der Waals surface area contributed by atoms with Crippen LogP contribution in [0.2, 0.25) is 0 Å². The van der Waals surface area contributed by atoms with Crippen LogP contribution in [0.4, 0.5) is 5.95 Å². The molecule has 0 bridgehead atoms. The first-order chi connectivity index (χ1) is 22.0. The van der Waals surface area contributed by atoms with Gasteiger partial charge in [0.25, 0.3) is 5.56 Å². The maximum absolute atomic E-state index is 12.6. The van der Waals surface area contributed by atoms with E-state index in [-0.39, 0.29) is 27.8 Å². The number of aliphatic hydroxyl groups is 2. The van der Waals surface area contributed by atoms with Crippen LogP contribution in [0.15, 0.2) is 16.1 Å². The van der Waals surface area contributed by atoms with Gasteiger partial charge in [0, 0.05) is 4.86 Å². The first-order valence-corrected chi connectivity index (χ1v) is 17.4. The van der Waals surface area contributed by atoms with E-state index >= 15 is 0 Å². The first-order valence-electron chi connectivity index (χ1n) is 13.5. The highest BCUT2D eigenvalue weighted by Gasteiger charge is 2.50. The Morgan fingerprint density at radius 1 is 1.09 bits per heavy atom. The average molecular weight is 743 g/mol. The highest BCUT2D eigenvalue weighted by atomic mass is 32.1. The Morgan fingerprint density at radius 2 is 1.77 bits per heavy atom. The van der Waals surface area contributed by atoms with Gasteiger partial charge in [-0.1, -0.05) is 12.2 Å². The fourth-order valence-corrected chi connectivity index (χ4v) is 7.98. The number of amidine groups is 1. The number of thiocarbonyl (C=S) groups is 1.